The van der Waals surface area contributed by atoms with Gasteiger partial charge in [-0.15, -0.1) is 0 Å². The number of nitrogens with two attached hydrogens (primary N) is 1. The van der Waals surface area contributed by atoms with Gasteiger partial charge in [-0.05, 0) is 30.5 Å². The van der Waals surface area contributed by atoms with Crippen molar-refractivity contribution >= 4 is 17.6 Å². The molecule has 5 nitrogen and oxygen atoms in total. The predicted octanol–water partition coefficient (Wildman–Crippen LogP) is 2.55. The molecule has 1 amide bonds. The van der Waals surface area contributed by atoms with Crippen molar-refractivity contribution in [2.45, 2.75) is 51.5 Å². The van der Waals surface area contributed by atoms with E-state index in [2.05, 4.69) is 12.2 Å². The average Bonchev–Trinajstić information content (AvgIpc) is 2.45. The fraction of sp³-hybridized carbons (Fsp3) is 0.500. The smallest absolute Gasteiger partial charge is 0.320 e. The van der Waals surface area contributed by atoms with E-state index in [0.717, 1.165) is 36.9 Å². The number of hydrogen-bond acceptors (Lipinski definition) is 3. The first-order chi connectivity index (χ1) is 10.0. The van der Waals surface area contributed by atoms with Crippen molar-refractivity contribution in [3.63, 3.8) is 0 Å². The molecular formula is C16H24N2O3. The molecule has 0 spiro atoms. The topological polar surface area (TPSA) is 92.4 Å². The van der Waals surface area contributed by atoms with Crippen LogP contribution in [-0.4, -0.2) is 23.0 Å². The fourth-order valence-electron chi connectivity index (χ4n) is 2.00. The van der Waals surface area contributed by atoms with E-state index in [1.807, 2.05) is 0 Å². The Bertz CT molecular complexity index is 457. The molecule has 116 valence electrons. The van der Waals surface area contributed by atoms with E-state index in [1.54, 1.807) is 24.3 Å². The van der Waals surface area contributed by atoms with Crippen LogP contribution in [0.25, 0.3) is 0 Å². The van der Waals surface area contributed by atoms with Gasteiger partial charge in [0.1, 0.15) is 6.04 Å². The minimum Gasteiger partial charge on any atom is -0.480 e. The maximum absolute atomic E-state index is 11.7. The molecular weight excluding hydrogens is 268 g/mol. The molecule has 1 atom stereocenters. The molecule has 0 saturated carbocycles. The zero-order chi connectivity index (χ0) is 15.7. The third-order valence-electron chi connectivity index (χ3n) is 3.27. The number of unbranched alkanes of at least 4 members (excludes halogenated alkanes) is 3. The first-order valence-electron chi connectivity index (χ1n) is 7.40. The van der Waals surface area contributed by atoms with E-state index < -0.39 is 12.0 Å². The van der Waals surface area contributed by atoms with Gasteiger partial charge in [-0.2, -0.15) is 0 Å². The number of anilines is 1. The monoisotopic (exact) mass is 292 g/mol. The van der Waals surface area contributed by atoms with E-state index in [1.165, 1.54) is 0 Å². The highest BCUT2D eigenvalue weighted by atomic mass is 16.4. The maximum atomic E-state index is 11.7. The lowest BCUT2D eigenvalue weighted by molar-refractivity contribution is -0.138. The number of amides is 1. The summed E-state index contributed by atoms with van der Waals surface area (Å²) < 4.78 is 0. The molecule has 0 saturated heterocycles. The second-order valence-electron chi connectivity index (χ2n) is 5.20. The number of aliphatic carboxylic acids is 1. The second kappa shape index (κ2) is 9.13. The zero-order valence-corrected chi connectivity index (χ0v) is 12.5. The van der Waals surface area contributed by atoms with Gasteiger partial charge in [0.15, 0.2) is 0 Å². The van der Waals surface area contributed by atoms with Crippen molar-refractivity contribution in [1.29, 1.82) is 0 Å². The van der Waals surface area contributed by atoms with Gasteiger partial charge in [0.05, 0.1) is 0 Å². The van der Waals surface area contributed by atoms with Crippen LogP contribution in [-0.2, 0) is 16.0 Å². The summed E-state index contributed by atoms with van der Waals surface area (Å²) in [5.41, 5.74) is 7.04. The average molecular weight is 292 g/mol. The van der Waals surface area contributed by atoms with Gasteiger partial charge in [0.2, 0.25) is 5.91 Å². The quantitative estimate of drug-likeness (QED) is 0.610. The Morgan fingerprint density at radius 2 is 1.86 bits per heavy atom. The van der Waals surface area contributed by atoms with E-state index in [9.17, 15) is 9.59 Å². The van der Waals surface area contributed by atoms with E-state index in [0.29, 0.717) is 6.42 Å². The summed E-state index contributed by atoms with van der Waals surface area (Å²) in [6.07, 6.45) is 5.11. The molecule has 0 aliphatic carbocycles. The number of rotatable bonds is 9. The minimum absolute atomic E-state index is 0.0149. The van der Waals surface area contributed by atoms with Gasteiger partial charge in [0.25, 0.3) is 0 Å². The molecule has 0 aliphatic rings. The van der Waals surface area contributed by atoms with Gasteiger partial charge in [-0.25, -0.2) is 0 Å². The van der Waals surface area contributed by atoms with E-state index >= 15 is 0 Å². The Morgan fingerprint density at radius 3 is 2.43 bits per heavy atom. The molecule has 0 bridgehead atoms. The highest BCUT2D eigenvalue weighted by molar-refractivity contribution is 5.90. The number of carbonyl (C=O) groups excluding carboxylic acids is 1. The summed E-state index contributed by atoms with van der Waals surface area (Å²) in [5.74, 6) is -0.999. The molecule has 5 heteroatoms. The summed E-state index contributed by atoms with van der Waals surface area (Å²) in [7, 11) is 0. The van der Waals surface area contributed by atoms with Crippen LogP contribution in [0.4, 0.5) is 5.69 Å². The lowest BCUT2D eigenvalue weighted by Gasteiger charge is -2.08. The highest BCUT2D eigenvalue weighted by Gasteiger charge is 2.11. The molecule has 21 heavy (non-hydrogen) atoms. The predicted molar refractivity (Wildman–Crippen MR) is 83.1 cm³/mol. The lowest BCUT2D eigenvalue weighted by Crippen LogP contribution is -2.32. The molecule has 0 aromatic heterocycles. The fourth-order valence-corrected chi connectivity index (χ4v) is 2.00. The number of carboxylic acids is 1. The number of nitrogens with one attached hydrogen (secondary N) is 1. The van der Waals surface area contributed by atoms with Crippen LogP contribution in [0.15, 0.2) is 24.3 Å². The van der Waals surface area contributed by atoms with Crippen LogP contribution < -0.4 is 11.1 Å². The van der Waals surface area contributed by atoms with Crippen LogP contribution in [0.1, 0.15) is 44.6 Å². The first-order valence-corrected chi connectivity index (χ1v) is 7.40. The molecule has 4 N–H and O–H groups in total. The SMILES string of the molecule is CCCCCCC(=O)Nc1ccc(C[C@H](N)C(=O)O)cc1. The maximum Gasteiger partial charge on any atom is 0.320 e. The van der Waals surface area contributed by atoms with Crippen molar-refractivity contribution in [3.8, 4) is 0 Å². The molecule has 0 aliphatic heterocycles. The summed E-state index contributed by atoms with van der Waals surface area (Å²) in [5, 5.41) is 11.6. The number of carbonyl (C=O) groups is 2. The van der Waals surface area contributed by atoms with Crippen molar-refractivity contribution in [1.82, 2.24) is 0 Å². The van der Waals surface area contributed by atoms with Crippen LogP contribution >= 0.6 is 0 Å². The summed E-state index contributed by atoms with van der Waals surface area (Å²) in [6, 6.07) is 6.22. The van der Waals surface area contributed by atoms with Crippen molar-refractivity contribution in [2.24, 2.45) is 5.73 Å². The van der Waals surface area contributed by atoms with Crippen LogP contribution in [0.3, 0.4) is 0 Å². The largest absolute Gasteiger partial charge is 0.480 e. The summed E-state index contributed by atoms with van der Waals surface area (Å²) >= 11 is 0. The van der Waals surface area contributed by atoms with Gasteiger partial charge in [-0.3, -0.25) is 9.59 Å². The minimum atomic E-state index is -1.01. The molecule has 0 fully saturated rings. The Kier molecular flexibility index (Phi) is 7.46. The van der Waals surface area contributed by atoms with Crippen LogP contribution in [0, 0.1) is 0 Å². The highest BCUT2D eigenvalue weighted by Crippen LogP contribution is 2.12. The molecule has 1 aromatic rings. The van der Waals surface area contributed by atoms with E-state index in [-0.39, 0.29) is 12.3 Å². The lowest BCUT2D eigenvalue weighted by atomic mass is 10.1. The van der Waals surface area contributed by atoms with Crippen molar-refractivity contribution in [3.05, 3.63) is 29.8 Å². The number of hydrogen-bond donors (Lipinski definition) is 3. The normalized spacial score (nSPS) is 11.9. The van der Waals surface area contributed by atoms with Crippen molar-refractivity contribution in [2.75, 3.05) is 5.32 Å². The summed E-state index contributed by atoms with van der Waals surface area (Å²) in [4.78, 5) is 22.4. The standard InChI is InChI=1S/C16H24N2O3/c1-2-3-4-5-6-15(19)18-13-9-7-12(8-10-13)11-14(17)16(20)21/h7-10,14H,2-6,11,17H2,1H3,(H,18,19)(H,20,21)/t14-/m0/s1. The Morgan fingerprint density at radius 1 is 1.19 bits per heavy atom. The first kappa shape index (κ1) is 17.2. The summed E-state index contributed by atoms with van der Waals surface area (Å²) in [6.45, 7) is 2.14. The van der Waals surface area contributed by atoms with E-state index in [4.69, 9.17) is 10.8 Å². The molecule has 1 rings (SSSR count). The zero-order valence-electron chi connectivity index (χ0n) is 12.5. The molecule has 1 aromatic carbocycles. The molecule has 0 heterocycles. The van der Waals surface area contributed by atoms with Gasteiger partial charge >= 0.3 is 5.97 Å². The Balaban J connectivity index is 2.40. The molecule has 0 unspecified atom stereocenters. The Hall–Kier alpha value is -1.88. The number of carboxylic acid groups (broad SMARTS) is 1. The Labute approximate surface area is 125 Å². The van der Waals surface area contributed by atoms with Crippen molar-refractivity contribution < 1.29 is 14.7 Å². The molecule has 0 radical (unpaired) electrons. The number of benzene rings is 1. The second-order valence-corrected chi connectivity index (χ2v) is 5.20. The third-order valence-corrected chi connectivity index (χ3v) is 3.27. The van der Waals surface area contributed by atoms with Gasteiger partial charge in [0, 0.05) is 12.1 Å². The van der Waals surface area contributed by atoms with Gasteiger partial charge in [-0.1, -0.05) is 38.3 Å². The van der Waals surface area contributed by atoms with Crippen LogP contribution in [0.2, 0.25) is 0 Å². The van der Waals surface area contributed by atoms with Gasteiger partial charge < -0.3 is 16.2 Å². The van der Waals surface area contributed by atoms with Crippen LogP contribution in [0.5, 0.6) is 0 Å². The third kappa shape index (κ3) is 6.90.